The van der Waals surface area contributed by atoms with Crippen LogP contribution in [0.25, 0.3) is 33.3 Å². The number of aromatic nitrogens is 2. The molecule has 2 aromatic heterocycles. The average Bonchev–Trinajstić information content (AvgIpc) is 3.39. The molecule has 0 spiro atoms. The second kappa shape index (κ2) is 10.4. The molecule has 2 N–H and O–H groups in total. The number of para-hydroxylation sites is 2. The number of hydrogen-bond acceptors (Lipinski definition) is 4. The van der Waals surface area contributed by atoms with E-state index in [9.17, 15) is 9.90 Å². The predicted octanol–water partition coefficient (Wildman–Crippen LogP) is 6.22. The number of rotatable bonds is 6. The van der Waals surface area contributed by atoms with Crippen LogP contribution >= 0.6 is 0 Å². The van der Waals surface area contributed by atoms with Crippen LogP contribution in [0.2, 0.25) is 0 Å². The van der Waals surface area contributed by atoms with Gasteiger partial charge in [-0.1, -0.05) is 54.6 Å². The summed E-state index contributed by atoms with van der Waals surface area (Å²) in [4.78, 5) is 22.4. The lowest BCUT2D eigenvalue weighted by molar-refractivity contribution is -0.132. The third-order valence-corrected chi connectivity index (χ3v) is 7.21. The molecule has 0 bridgehead atoms. The van der Waals surface area contributed by atoms with Gasteiger partial charge in [0.15, 0.2) is 0 Å². The van der Waals surface area contributed by atoms with Crippen molar-refractivity contribution in [2.75, 3.05) is 13.1 Å². The quantitative estimate of drug-likeness (QED) is 0.289. The zero-order chi connectivity index (χ0) is 25.9. The third kappa shape index (κ3) is 4.98. The first-order chi connectivity index (χ1) is 18.6. The van der Waals surface area contributed by atoms with Crippen LogP contribution in [0.5, 0.6) is 11.5 Å². The van der Waals surface area contributed by atoms with E-state index in [1.807, 2.05) is 89.8 Å². The Bertz CT molecular complexity index is 1520. The highest BCUT2D eigenvalue weighted by Gasteiger charge is 2.24. The van der Waals surface area contributed by atoms with Gasteiger partial charge in [0, 0.05) is 60.4 Å². The van der Waals surface area contributed by atoms with E-state index >= 15 is 0 Å². The molecule has 6 rings (SSSR count). The monoisotopic (exact) mass is 503 g/mol. The van der Waals surface area contributed by atoms with Gasteiger partial charge in [-0.25, -0.2) is 0 Å². The number of fused-ring (bicyclic) bond motifs is 1. The first-order valence-corrected chi connectivity index (χ1v) is 13.0. The fourth-order valence-corrected chi connectivity index (χ4v) is 5.11. The molecule has 6 heteroatoms. The first-order valence-electron chi connectivity index (χ1n) is 13.0. The van der Waals surface area contributed by atoms with Gasteiger partial charge >= 0.3 is 0 Å². The number of nitrogens with zero attached hydrogens (tertiary/aromatic N) is 2. The van der Waals surface area contributed by atoms with Crippen LogP contribution in [0, 0.1) is 0 Å². The summed E-state index contributed by atoms with van der Waals surface area (Å²) in [7, 11) is 0. The maximum Gasteiger partial charge on any atom is 0.226 e. The van der Waals surface area contributed by atoms with Crippen LogP contribution in [-0.4, -0.2) is 45.1 Å². The minimum atomic E-state index is 0.133. The lowest BCUT2D eigenvalue weighted by Crippen LogP contribution is -2.42. The number of carbonyl (C=O) groups is 1. The second-order valence-corrected chi connectivity index (χ2v) is 9.73. The fraction of sp³-hybridized carbons (Fsp3) is 0.188. The van der Waals surface area contributed by atoms with Gasteiger partial charge in [-0.2, -0.15) is 0 Å². The average molecular weight is 504 g/mol. The molecule has 3 heterocycles. The Morgan fingerprint density at radius 1 is 0.947 bits per heavy atom. The molecule has 38 heavy (non-hydrogen) atoms. The highest BCUT2D eigenvalue weighted by Crippen LogP contribution is 2.38. The number of pyridine rings is 1. The van der Waals surface area contributed by atoms with Crippen molar-refractivity contribution in [2.45, 2.75) is 25.4 Å². The summed E-state index contributed by atoms with van der Waals surface area (Å²) < 4.78 is 6.06. The van der Waals surface area contributed by atoms with Gasteiger partial charge in [0.2, 0.25) is 5.91 Å². The molecule has 1 amide bonds. The van der Waals surface area contributed by atoms with E-state index in [1.165, 1.54) is 0 Å². The molecule has 1 fully saturated rings. The number of nitrogens with one attached hydrogen (secondary N) is 1. The van der Waals surface area contributed by atoms with Crippen molar-refractivity contribution in [3.05, 3.63) is 103 Å². The van der Waals surface area contributed by atoms with E-state index in [-0.39, 0.29) is 17.8 Å². The highest BCUT2D eigenvalue weighted by atomic mass is 16.5. The van der Waals surface area contributed by atoms with Crippen molar-refractivity contribution in [1.82, 2.24) is 14.9 Å². The van der Waals surface area contributed by atoms with Gasteiger partial charge in [0.05, 0.1) is 12.1 Å². The number of amides is 1. The number of piperidine rings is 1. The number of H-pyrrole nitrogens is 1. The number of ether oxygens (including phenoxy) is 1. The first kappa shape index (κ1) is 23.8. The van der Waals surface area contributed by atoms with Gasteiger partial charge in [-0.05, 0) is 41.5 Å². The van der Waals surface area contributed by atoms with Crippen molar-refractivity contribution >= 4 is 16.8 Å². The predicted molar refractivity (Wildman–Crippen MR) is 149 cm³/mol. The SMILES string of the molecule is O=C(Cc1ccc(-c2cccc(-c3cc4cnccc4[nH]3)c2O)cc1)N1CCC(Oc2ccccc2)CC1. The molecule has 190 valence electrons. The number of phenols is 1. The number of phenolic OH excluding ortho intramolecular Hbond substituents is 1. The number of aromatic amines is 1. The molecule has 1 aliphatic rings. The van der Waals surface area contributed by atoms with Crippen molar-refractivity contribution < 1.29 is 14.6 Å². The van der Waals surface area contributed by atoms with Gasteiger partial charge < -0.3 is 19.7 Å². The lowest BCUT2D eigenvalue weighted by Gasteiger charge is -2.32. The smallest absolute Gasteiger partial charge is 0.226 e. The highest BCUT2D eigenvalue weighted by molar-refractivity contribution is 5.89. The summed E-state index contributed by atoms with van der Waals surface area (Å²) in [5, 5.41) is 12.1. The number of likely N-dealkylation sites (tertiary alicyclic amines) is 1. The number of benzene rings is 3. The van der Waals surface area contributed by atoms with E-state index in [4.69, 9.17) is 4.74 Å². The molecule has 0 radical (unpaired) electrons. The molecular formula is C32H29N3O3. The molecule has 0 atom stereocenters. The van der Waals surface area contributed by atoms with Crippen LogP contribution in [-0.2, 0) is 11.2 Å². The van der Waals surface area contributed by atoms with Crippen molar-refractivity contribution in [2.24, 2.45) is 0 Å². The van der Waals surface area contributed by atoms with Gasteiger partial charge in [-0.15, -0.1) is 0 Å². The van der Waals surface area contributed by atoms with Crippen LogP contribution in [0.4, 0.5) is 0 Å². The molecule has 0 saturated carbocycles. The van der Waals surface area contributed by atoms with Gasteiger partial charge in [0.1, 0.15) is 17.6 Å². The molecule has 3 aromatic carbocycles. The Labute approximate surface area is 221 Å². The maximum atomic E-state index is 13.0. The lowest BCUT2D eigenvalue weighted by atomic mass is 9.98. The minimum absolute atomic E-state index is 0.133. The standard InChI is InChI=1S/C32H29N3O3/c36-31(35-17-14-26(15-18-35)38-25-5-2-1-3-6-25)19-22-9-11-23(12-10-22)27-7-4-8-28(32(27)37)30-20-24-21-33-16-13-29(24)34-30/h1-13,16,20-21,26,34,37H,14-15,17-19H2. The van der Waals surface area contributed by atoms with Crippen LogP contribution in [0.3, 0.4) is 0 Å². The number of carbonyl (C=O) groups excluding carboxylic acids is 1. The number of hydrogen-bond donors (Lipinski definition) is 2. The van der Waals surface area contributed by atoms with Crippen molar-refractivity contribution in [3.8, 4) is 33.9 Å². The van der Waals surface area contributed by atoms with Crippen LogP contribution < -0.4 is 4.74 Å². The Morgan fingerprint density at radius 2 is 1.71 bits per heavy atom. The van der Waals surface area contributed by atoms with E-state index in [1.54, 1.807) is 12.4 Å². The van der Waals surface area contributed by atoms with Gasteiger partial charge in [0.25, 0.3) is 0 Å². The second-order valence-electron chi connectivity index (χ2n) is 9.73. The summed E-state index contributed by atoms with van der Waals surface area (Å²) >= 11 is 0. The van der Waals surface area contributed by atoms with Crippen molar-refractivity contribution in [3.63, 3.8) is 0 Å². The normalized spacial score (nSPS) is 14.1. The Balaban J connectivity index is 1.10. The summed E-state index contributed by atoms with van der Waals surface area (Å²) in [6, 6.07) is 27.4. The zero-order valence-electron chi connectivity index (χ0n) is 21.0. The van der Waals surface area contributed by atoms with E-state index in [0.29, 0.717) is 19.5 Å². The molecule has 1 aliphatic heterocycles. The topological polar surface area (TPSA) is 78.5 Å². The Hall–Kier alpha value is -4.58. The van der Waals surface area contributed by atoms with Crippen LogP contribution in [0.1, 0.15) is 18.4 Å². The van der Waals surface area contributed by atoms with Crippen molar-refractivity contribution in [1.29, 1.82) is 0 Å². The van der Waals surface area contributed by atoms with Crippen LogP contribution in [0.15, 0.2) is 97.3 Å². The summed E-state index contributed by atoms with van der Waals surface area (Å²) in [5.74, 6) is 1.23. The molecule has 0 aliphatic carbocycles. The summed E-state index contributed by atoms with van der Waals surface area (Å²) in [5.41, 5.74) is 5.15. The molecule has 6 nitrogen and oxygen atoms in total. The summed E-state index contributed by atoms with van der Waals surface area (Å²) in [6.07, 6.45) is 5.72. The Kier molecular flexibility index (Phi) is 6.53. The number of aromatic hydroxyl groups is 1. The Morgan fingerprint density at radius 3 is 2.47 bits per heavy atom. The molecule has 0 unspecified atom stereocenters. The van der Waals surface area contributed by atoms with E-state index < -0.39 is 0 Å². The minimum Gasteiger partial charge on any atom is -0.507 e. The third-order valence-electron chi connectivity index (χ3n) is 7.21. The largest absolute Gasteiger partial charge is 0.507 e. The fourth-order valence-electron chi connectivity index (χ4n) is 5.11. The van der Waals surface area contributed by atoms with Gasteiger partial charge in [-0.3, -0.25) is 9.78 Å². The molecule has 5 aromatic rings. The van der Waals surface area contributed by atoms with E-state index in [0.717, 1.165) is 57.4 Å². The van der Waals surface area contributed by atoms with E-state index in [2.05, 4.69) is 9.97 Å². The molecular weight excluding hydrogens is 474 g/mol. The zero-order valence-corrected chi connectivity index (χ0v) is 21.0. The molecule has 1 saturated heterocycles. The maximum absolute atomic E-state index is 13.0. The summed E-state index contributed by atoms with van der Waals surface area (Å²) in [6.45, 7) is 1.41.